The predicted octanol–water partition coefficient (Wildman–Crippen LogP) is 2.34. The normalized spacial score (nSPS) is 12.1. The molecule has 5 heteroatoms. The second-order valence-corrected chi connectivity index (χ2v) is 4.30. The van der Waals surface area contributed by atoms with Crippen molar-refractivity contribution in [1.29, 1.82) is 0 Å². The fraction of sp³-hybridized carbons (Fsp3) is 0.214. The standard InChI is InChI=1S/C14H13FN2O2/c1-9-7-16-13(17-8-9)11(14(18)19)6-10-4-2-3-5-12(10)15/h2-5,7-8,11H,6H2,1H3,(H,18,19). The van der Waals surface area contributed by atoms with Crippen LogP contribution in [0.1, 0.15) is 22.9 Å². The number of carboxylic acids is 1. The van der Waals surface area contributed by atoms with Crippen LogP contribution in [-0.2, 0) is 11.2 Å². The van der Waals surface area contributed by atoms with E-state index in [1.165, 1.54) is 6.07 Å². The van der Waals surface area contributed by atoms with Gasteiger partial charge in [-0.1, -0.05) is 18.2 Å². The molecule has 1 aromatic heterocycles. The van der Waals surface area contributed by atoms with E-state index in [2.05, 4.69) is 9.97 Å². The topological polar surface area (TPSA) is 63.1 Å². The fourth-order valence-electron chi connectivity index (χ4n) is 1.76. The Hall–Kier alpha value is -2.30. The van der Waals surface area contributed by atoms with Crippen molar-refractivity contribution in [2.24, 2.45) is 0 Å². The van der Waals surface area contributed by atoms with Crippen molar-refractivity contribution in [2.45, 2.75) is 19.3 Å². The van der Waals surface area contributed by atoms with Crippen LogP contribution in [0.5, 0.6) is 0 Å². The summed E-state index contributed by atoms with van der Waals surface area (Å²) in [6, 6.07) is 6.12. The van der Waals surface area contributed by atoms with Gasteiger partial charge in [0.2, 0.25) is 0 Å². The highest BCUT2D eigenvalue weighted by atomic mass is 19.1. The van der Waals surface area contributed by atoms with Gasteiger partial charge in [0.15, 0.2) is 0 Å². The molecule has 0 fully saturated rings. The average molecular weight is 260 g/mol. The minimum atomic E-state index is -1.06. The zero-order chi connectivity index (χ0) is 13.8. The van der Waals surface area contributed by atoms with Crippen molar-refractivity contribution in [3.8, 4) is 0 Å². The molecular formula is C14H13FN2O2. The highest BCUT2D eigenvalue weighted by Crippen LogP contribution is 2.20. The smallest absolute Gasteiger partial charge is 0.314 e. The summed E-state index contributed by atoms with van der Waals surface area (Å²) in [5, 5.41) is 9.25. The Morgan fingerprint density at radius 2 is 1.95 bits per heavy atom. The molecule has 0 aliphatic rings. The van der Waals surface area contributed by atoms with Crippen LogP contribution in [0.15, 0.2) is 36.7 Å². The van der Waals surface area contributed by atoms with Gasteiger partial charge in [-0.25, -0.2) is 14.4 Å². The van der Waals surface area contributed by atoms with Gasteiger partial charge in [-0.3, -0.25) is 4.79 Å². The summed E-state index contributed by atoms with van der Waals surface area (Å²) in [4.78, 5) is 19.3. The molecule has 0 radical (unpaired) electrons. The van der Waals surface area contributed by atoms with Crippen molar-refractivity contribution < 1.29 is 14.3 Å². The van der Waals surface area contributed by atoms with Crippen LogP contribution in [0.2, 0.25) is 0 Å². The van der Waals surface area contributed by atoms with Gasteiger partial charge in [-0.15, -0.1) is 0 Å². The summed E-state index contributed by atoms with van der Waals surface area (Å²) in [5.74, 6) is -2.23. The van der Waals surface area contributed by atoms with Crippen molar-refractivity contribution in [2.75, 3.05) is 0 Å². The van der Waals surface area contributed by atoms with Crippen LogP contribution in [0.4, 0.5) is 4.39 Å². The summed E-state index contributed by atoms with van der Waals surface area (Å²) in [5.41, 5.74) is 1.19. The Balaban J connectivity index is 2.29. The number of halogens is 1. The Morgan fingerprint density at radius 1 is 1.32 bits per heavy atom. The lowest BCUT2D eigenvalue weighted by Gasteiger charge is -2.11. The number of aromatic nitrogens is 2. The van der Waals surface area contributed by atoms with E-state index >= 15 is 0 Å². The van der Waals surface area contributed by atoms with Gasteiger partial charge in [-0.2, -0.15) is 0 Å². The molecule has 0 saturated carbocycles. The molecule has 2 aromatic rings. The summed E-state index contributed by atoms with van der Waals surface area (Å²) in [7, 11) is 0. The third-order valence-electron chi connectivity index (χ3n) is 2.79. The first kappa shape index (κ1) is 13.1. The number of aliphatic carboxylic acids is 1. The van der Waals surface area contributed by atoms with E-state index in [1.54, 1.807) is 30.6 Å². The van der Waals surface area contributed by atoms with Gasteiger partial charge < -0.3 is 5.11 Å². The van der Waals surface area contributed by atoms with E-state index in [0.29, 0.717) is 5.56 Å². The molecule has 0 spiro atoms. The Bertz CT molecular complexity index is 584. The average Bonchev–Trinajstić information content (AvgIpc) is 2.39. The van der Waals surface area contributed by atoms with E-state index < -0.39 is 17.7 Å². The Labute approximate surface area is 110 Å². The van der Waals surface area contributed by atoms with E-state index in [9.17, 15) is 14.3 Å². The van der Waals surface area contributed by atoms with Crippen LogP contribution in [0.25, 0.3) is 0 Å². The molecule has 0 bridgehead atoms. The van der Waals surface area contributed by atoms with Crippen molar-refractivity contribution in [3.05, 3.63) is 59.4 Å². The minimum absolute atomic E-state index is 0.0328. The molecule has 0 aliphatic carbocycles. The molecule has 4 nitrogen and oxygen atoms in total. The first-order valence-corrected chi connectivity index (χ1v) is 5.82. The van der Waals surface area contributed by atoms with Gasteiger partial charge in [-0.05, 0) is 30.5 Å². The number of hydrogen-bond acceptors (Lipinski definition) is 3. The minimum Gasteiger partial charge on any atom is -0.481 e. The van der Waals surface area contributed by atoms with Crippen molar-refractivity contribution in [1.82, 2.24) is 9.97 Å². The summed E-state index contributed by atoms with van der Waals surface area (Å²) >= 11 is 0. The van der Waals surface area contributed by atoms with Gasteiger partial charge in [0, 0.05) is 12.4 Å². The number of carbonyl (C=O) groups is 1. The predicted molar refractivity (Wildman–Crippen MR) is 67.2 cm³/mol. The maximum absolute atomic E-state index is 13.6. The number of benzene rings is 1. The molecule has 0 amide bonds. The molecule has 0 aliphatic heterocycles. The summed E-state index contributed by atoms with van der Waals surface area (Å²) in [6.07, 6.45) is 3.14. The quantitative estimate of drug-likeness (QED) is 0.916. The van der Waals surface area contributed by atoms with Crippen LogP contribution >= 0.6 is 0 Å². The van der Waals surface area contributed by atoms with E-state index in [0.717, 1.165) is 5.56 Å². The number of aryl methyl sites for hydroxylation is 1. The fourth-order valence-corrected chi connectivity index (χ4v) is 1.76. The second kappa shape index (κ2) is 5.56. The number of hydrogen-bond donors (Lipinski definition) is 1. The Kier molecular flexibility index (Phi) is 3.85. The third kappa shape index (κ3) is 3.13. The molecule has 1 atom stereocenters. The first-order chi connectivity index (χ1) is 9.08. The van der Waals surface area contributed by atoms with Gasteiger partial charge in [0.05, 0.1) is 0 Å². The SMILES string of the molecule is Cc1cnc(C(Cc2ccccc2F)C(=O)O)nc1. The summed E-state index contributed by atoms with van der Waals surface area (Å²) < 4.78 is 13.6. The van der Waals surface area contributed by atoms with E-state index in [4.69, 9.17) is 0 Å². The molecule has 1 aromatic carbocycles. The van der Waals surface area contributed by atoms with Crippen LogP contribution in [-0.4, -0.2) is 21.0 Å². The molecule has 1 N–H and O–H groups in total. The van der Waals surface area contributed by atoms with Crippen LogP contribution in [0.3, 0.4) is 0 Å². The maximum atomic E-state index is 13.6. The van der Waals surface area contributed by atoms with Gasteiger partial charge >= 0.3 is 5.97 Å². The van der Waals surface area contributed by atoms with Crippen molar-refractivity contribution in [3.63, 3.8) is 0 Å². The summed E-state index contributed by atoms with van der Waals surface area (Å²) in [6.45, 7) is 1.82. The lowest BCUT2D eigenvalue weighted by Crippen LogP contribution is -2.18. The molecule has 2 rings (SSSR count). The molecule has 1 heterocycles. The molecule has 0 saturated heterocycles. The number of rotatable bonds is 4. The van der Waals surface area contributed by atoms with Crippen LogP contribution < -0.4 is 0 Å². The lowest BCUT2D eigenvalue weighted by molar-refractivity contribution is -0.139. The van der Waals surface area contributed by atoms with Gasteiger partial charge in [0.25, 0.3) is 0 Å². The zero-order valence-electron chi connectivity index (χ0n) is 10.4. The molecule has 98 valence electrons. The highest BCUT2D eigenvalue weighted by molar-refractivity contribution is 5.75. The maximum Gasteiger partial charge on any atom is 0.314 e. The monoisotopic (exact) mass is 260 g/mol. The molecular weight excluding hydrogens is 247 g/mol. The third-order valence-corrected chi connectivity index (χ3v) is 2.79. The zero-order valence-corrected chi connectivity index (χ0v) is 10.4. The van der Waals surface area contributed by atoms with E-state index in [-0.39, 0.29) is 12.2 Å². The van der Waals surface area contributed by atoms with Gasteiger partial charge in [0.1, 0.15) is 17.6 Å². The first-order valence-electron chi connectivity index (χ1n) is 5.82. The van der Waals surface area contributed by atoms with Crippen LogP contribution in [0, 0.1) is 12.7 Å². The largest absolute Gasteiger partial charge is 0.481 e. The Morgan fingerprint density at radius 3 is 2.53 bits per heavy atom. The lowest BCUT2D eigenvalue weighted by atomic mass is 9.98. The highest BCUT2D eigenvalue weighted by Gasteiger charge is 2.24. The number of carboxylic acid groups (broad SMARTS) is 1. The second-order valence-electron chi connectivity index (χ2n) is 4.30. The molecule has 19 heavy (non-hydrogen) atoms. The molecule has 1 unspecified atom stereocenters. The van der Waals surface area contributed by atoms with E-state index in [1.807, 2.05) is 6.92 Å². The van der Waals surface area contributed by atoms with Crippen molar-refractivity contribution >= 4 is 5.97 Å². The number of nitrogens with zero attached hydrogens (tertiary/aromatic N) is 2.